The minimum absolute atomic E-state index is 0.673. The predicted octanol–water partition coefficient (Wildman–Crippen LogP) is 1.25. The van der Waals surface area contributed by atoms with Crippen LogP contribution in [-0.4, -0.2) is 13.2 Å². The Morgan fingerprint density at radius 3 is 2.75 bits per heavy atom. The molecule has 0 heterocycles. The molecule has 45 valence electrons. The summed E-state index contributed by atoms with van der Waals surface area (Å²) in [6, 6.07) is 0. The van der Waals surface area contributed by atoms with Gasteiger partial charge in [-0.2, -0.15) is 0 Å². The van der Waals surface area contributed by atoms with Crippen molar-refractivity contribution in [3.8, 4) is 12.3 Å². The van der Waals surface area contributed by atoms with Crippen LogP contribution < -0.4 is 0 Å². The molecule has 0 aliphatic rings. The summed E-state index contributed by atoms with van der Waals surface area (Å²) in [5.74, 6) is 2.48. The molecule has 1 heteroatoms. The van der Waals surface area contributed by atoms with Crippen LogP contribution >= 0.6 is 0 Å². The Hall–Kier alpha value is -0.480. The first-order chi connectivity index (χ1) is 3.91. The molecule has 0 fully saturated rings. The third kappa shape index (κ3) is 5.52. The molecule has 1 radical (unpaired) electrons. The molecule has 0 aromatic heterocycles. The highest BCUT2D eigenvalue weighted by Crippen LogP contribution is 1.81. The average Bonchev–Trinajstić information content (AvgIpc) is 1.81. The number of hydrogen-bond acceptors (Lipinski definition) is 1. The highest BCUT2D eigenvalue weighted by molar-refractivity contribution is 4.82. The molecule has 0 N–H and O–H groups in total. The van der Waals surface area contributed by atoms with Gasteiger partial charge in [-0.15, -0.1) is 12.3 Å². The molecular formula is C7H11O. The van der Waals surface area contributed by atoms with Gasteiger partial charge in [0.1, 0.15) is 0 Å². The van der Waals surface area contributed by atoms with Crippen molar-refractivity contribution in [2.45, 2.75) is 12.8 Å². The van der Waals surface area contributed by atoms with E-state index in [0.29, 0.717) is 13.0 Å². The molecule has 8 heavy (non-hydrogen) atoms. The van der Waals surface area contributed by atoms with Gasteiger partial charge in [0.05, 0.1) is 6.61 Å². The van der Waals surface area contributed by atoms with Gasteiger partial charge in [0, 0.05) is 13.0 Å². The van der Waals surface area contributed by atoms with Crippen molar-refractivity contribution in [3.63, 3.8) is 0 Å². The summed E-state index contributed by atoms with van der Waals surface area (Å²) in [5.41, 5.74) is 0. The molecule has 0 unspecified atom stereocenters. The normalized spacial score (nSPS) is 8.50. The van der Waals surface area contributed by atoms with Crippen molar-refractivity contribution in [1.82, 2.24) is 0 Å². The van der Waals surface area contributed by atoms with E-state index in [0.717, 1.165) is 13.0 Å². The van der Waals surface area contributed by atoms with Crippen LogP contribution in [0.15, 0.2) is 0 Å². The van der Waals surface area contributed by atoms with E-state index in [4.69, 9.17) is 11.2 Å². The molecule has 0 bridgehead atoms. The third-order valence-corrected chi connectivity index (χ3v) is 0.679. The van der Waals surface area contributed by atoms with Gasteiger partial charge in [-0.05, 0) is 6.42 Å². The zero-order valence-corrected chi connectivity index (χ0v) is 5.02. The van der Waals surface area contributed by atoms with Crippen molar-refractivity contribution < 1.29 is 4.74 Å². The summed E-state index contributed by atoms with van der Waals surface area (Å²) in [6.07, 6.45) is 6.50. The molecule has 0 saturated carbocycles. The van der Waals surface area contributed by atoms with Crippen molar-refractivity contribution in [2.75, 3.05) is 13.2 Å². The van der Waals surface area contributed by atoms with Gasteiger partial charge in [0.25, 0.3) is 0 Å². The maximum absolute atomic E-state index is 5.02. The van der Waals surface area contributed by atoms with Gasteiger partial charge < -0.3 is 4.74 Å². The third-order valence-electron chi connectivity index (χ3n) is 0.679. The van der Waals surface area contributed by atoms with Crippen LogP contribution in [0.1, 0.15) is 12.8 Å². The lowest BCUT2D eigenvalue weighted by Crippen LogP contribution is -1.93. The zero-order valence-electron chi connectivity index (χ0n) is 5.02. The van der Waals surface area contributed by atoms with Crippen LogP contribution in [0.25, 0.3) is 0 Å². The van der Waals surface area contributed by atoms with Gasteiger partial charge in [-0.1, -0.05) is 6.92 Å². The van der Waals surface area contributed by atoms with E-state index < -0.39 is 0 Å². The van der Waals surface area contributed by atoms with E-state index in [1.54, 1.807) is 0 Å². The second kappa shape index (κ2) is 6.52. The molecule has 0 aromatic rings. The molecule has 0 atom stereocenters. The van der Waals surface area contributed by atoms with Crippen molar-refractivity contribution in [3.05, 3.63) is 6.92 Å². The van der Waals surface area contributed by atoms with Gasteiger partial charge >= 0.3 is 0 Å². The van der Waals surface area contributed by atoms with Crippen LogP contribution in [0.5, 0.6) is 0 Å². The molecule has 0 aliphatic carbocycles. The van der Waals surface area contributed by atoms with Crippen molar-refractivity contribution in [1.29, 1.82) is 0 Å². The minimum Gasteiger partial charge on any atom is -0.380 e. The fourth-order valence-corrected chi connectivity index (χ4v) is 0.335. The molecule has 1 nitrogen and oxygen atoms in total. The van der Waals surface area contributed by atoms with Crippen LogP contribution in [0, 0.1) is 19.3 Å². The summed E-state index contributed by atoms with van der Waals surface area (Å²) in [6.45, 7) is 5.00. The lowest BCUT2D eigenvalue weighted by atomic mass is 10.5. The van der Waals surface area contributed by atoms with E-state index in [2.05, 4.69) is 12.8 Å². The Kier molecular flexibility index (Phi) is 6.13. The van der Waals surface area contributed by atoms with E-state index in [1.807, 2.05) is 0 Å². The SMILES string of the molecule is C#CCCOCC[CH2]. The summed E-state index contributed by atoms with van der Waals surface area (Å²) >= 11 is 0. The topological polar surface area (TPSA) is 9.23 Å². The lowest BCUT2D eigenvalue weighted by Gasteiger charge is -1.95. The second-order valence-electron chi connectivity index (χ2n) is 1.42. The molecule has 0 saturated heterocycles. The number of hydrogen-bond donors (Lipinski definition) is 0. The van der Waals surface area contributed by atoms with Crippen molar-refractivity contribution >= 4 is 0 Å². The summed E-state index contributed by atoms with van der Waals surface area (Å²) in [4.78, 5) is 0. The summed E-state index contributed by atoms with van der Waals surface area (Å²) in [5, 5.41) is 0. The first-order valence-electron chi connectivity index (χ1n) is 2.72. The fourth-order valence-electron chi connectivity index (χ4n) is 0.335. The van der Waals surface area contributed by atoms with Gasteiger partial charge in [-0.25, -0.2) is 0 Å². The Balaban J connectivity index is 2.65. The highest BCUT2D eigenvalue weighted by Gasteiger charge is 1.79. The van der Waals surface area contributed by atoms with Crippen molar-refractivity contribution in [2.24, 2.45) is 0 Å². The fraction of sp³-hybridized carbons (Fsp3) is 0.571. The summed E-state index contributed by atoms with van der Waals surface area (Å²) < 4.78 is 5.02. The molecule has 0 amide bonds. The Bertz CT molecular complexity index is 70.9. The lowest BCUT2D eigenvalue weighted by molar-refractivity contribution is 0.144. The molecule has 0 aromatic carbocycles. The largest absolute Gasteiger partial charge is 0.380 e. The second-order valence-corrected chi connectivity index (χ2v) is 1.42. The van der Waals surface area contributed by atoms with E-state index in [1.165, 1.54) is 0 Å². The Labute approximate surface area is 51.0 Å². The smallest absolute Gasteiger partial charge is 0.0575 e. The van der Waals surface area contributed by atoms with E-state index >= 15 is 0 Å². The molecule has 0 spiro atoms. The molecule has 0 rings (SSSR count). The Morgan fingerprint density at radius 2 is 2.25 bits per heavy atom. The predicted molar refractivity (Wildman–Crippen MR) is 34.2 cm³/mol. The standard InChI is InChI=1S/C7H11O/c1-3-5-7-8-6-4-2/h1H,2,4-7H2. The quantitative estimate of drug-likeness (QED) is 0.392. The maximum atomic E-state index is 5.02. The highest BCUT2D eigenvalue weighted by atomic mass is 16.5. The van der Waals surface area contributed by atoms with Crippen LogP contribution in [0.3, 0.4) is 0 Å². The molecular weight excluding hydrogens is 100 g/mol. The summed E-state index contributed by atoms with van der Waals surface area (Å²) in [7, 11) is 0. The van der Waals surface area contributed by atoms with Crippen LogP contribution in [-0.2, 0) is 4.74 Å². The number of ether oxygens (including phenoxy) is 1. The number of terminal acetylenes is 1. The first-order valence-corrected chi connectivity index (χ1v) is 2.72. The molecule has 0 aliphatic heterocycles. The van der Waals surface area contributed by atoms with Crippen LogP contribution in [0.2, 0.25) is 0 Å². The van der Waals surface area contributed by atoms with Gasteiger partial charge in [0.2, 0.25) is 0 Å². The maximum Gasteiger partial charge on any atom is 0.0575 e. The monoisotopic (exact) mass is 111 g/mol. The Morgan fingerprint density at radius 1 is 1.50 bits per heavy atom. The average molecular weight is 111 g/mol. The van der Waals surface area contributed by atoms with Gasteiger partial charge in [0.15, 0.2) is 0 Å². The first kappa shape index (κ1) is 7.52. The zero-order chi connectivity index (χ0) is 6.24. The van der Waals surface area contributed by atoms with E-state index in [-0.39, 0.29) is 0 Å². The number of rotatable bonds is 4. The minimum atomic E-state index is 0.673. The van der Waals surface area contributed by atoms with Crippen LogP contribution in [0.4, 0.5) is 0 Å². The van der Waals surface area contributed by atoms with Gasteiger partial charge in [-0.3, -0.25) is 0 Å². The van der Waals surface area contributed by atoms with E-state index in [9.17, 15) is 0 Å².